The molecule has 0 atom stereocenters. The predicted molar refractivity (Wildman–Crippen MR) is 123 cm³/mol. The third-order valence-corrected chi connectivity index (χ3v) is 5.66. The van der Waals surface area contributed by atoms with Gasteiger partial charge in [-0.15, -0.1) is 0 Å². The molecule has 150 valence electrons. The largest absolute Gasteiger partial charge is 0.366 e. The molecule has 4 aromatic rings. The van der Waals surface area contributed by atoms with Crippen LogP contribution in [0.2, 0.25) is 0 Å². The molecule has 30 heavy (non-hydrogen) atoms. The smallest absolute Gasteiger partial charge is 0.250 e. The first kappa shape index (κ1) is 19.7. The Morgan fingerprint density at radius 2 is 1.40 bits per heavy atom. The second kappa shape index (κ2) is 8.42. The van der Waals surface area contributed by atoms with Crippen molar-refractivity contribution in [3.05, 3.63) is 107 Å². The average molecular weight is 395 g/mol. The Morgan fingerprint density at radius 3 is 2.03 bits per heavy atom. The zero-order valence-electron chi connectivity index (χ0n) is 17.4. The first-order valence-corrected chi connectivity index (χ1v) is 10.2. The zero-order chi connectivity index (χ0) is 21.1. The standard InChI is InChI=1S/C27H26N2O/c1-19-8-10-21(11-9-19)16-17-29-20(2)25(27(28)30)18-26(29)24-14-12-23(13-15-24)22-6-4-3-5-7-22/h3-15,18H,16-17H2,1-2H3,(H2,28,30). The summed E-state index contributed by atoms with van der Waals surface area (Å²) in [5.41, 5.74) is 14.1. The first-order chi connectivity index (χ1) is 14.5. The summed E-state index contributed by atoms with van der Waals surface area (Å²) in [5.74, 6) is -0.385. The van der Waals surface area contributed by atoms with Gasteiger partial charge in [0.15, 0.2) is 0 Å². The molecule has 0 aliphatic carbocycles. The Labute approximate surface area is 177 Å². The number of hydrogen-bond acceptors (Lipinski definition) is 1. The van der Waals surface area contributed by atoms with Crippen LogP contribution < -0.4 is 5.73 Å². The van der Waals surface area contributed by atoms with Crippen molar-refractivity contribution in [3.63, 3.8) is 0 Å². The number of carbonyl (C=O) groups is 1. The highest BCUT2D eigenvalue weighted by atomic mass is 16.1. The van der Waals surface area contributed by atoms with E-state index < -0.39 is 0 Å². The number of hydrogen-bond donors (Lipinski definition) is 1. The van der Waals surface area contributed by atoms with Gasteiger partial charge in [0.2, 0.25) is 0 Å². The second-order valence-electron chi connectivity index (χ2n) is 7.72. The molecule has 0 radical (unpaired) electrons. The van der Waals surface area contributed by atoms with Crippen LogP contribution in [0.25, 0.3) is 22.4 Å². The highest BCUT2D eigenvalue weighted by Gasteiger charge is 2.17. The molecule has 0 aliphatic heterocycles. The fourth-order valence-corrected chi connectivity index (χ4v) is 3.88. The Morgan fingerprint density at radius 1 is 0.800 bits per heavy atom. The third-order valence-electron chi connectivity index (χ3n) is 5.66. The van der Waals surface area contributed by atoms with E-state index in [1.54, 1.807) is 0 Å². The van der Waals surface area contributed by atoms with Crippen LogP contribution in [-0.2, 0) is 13.0 Å². The van der Waals surface area contributed by atoms with E-state index in [4.69, 9.17) is 5.73 Å². The molecule has 0 saturated heterocycles. The van der Waals surface area contributed by atoms with Crippen molar-refractivity contribution in [2.45, 2.75) is 26.8 Å². The molecule has 1 amide bonds. The van der Waals surface area contributed by atoms with E-state index in [2.05, 4.69) is 72.2 Å². The normalized spacial score (nSPS) is 10.9. The number of nitrogens with two attached hydrogens (primary N) is 1. The van der Waals surface area contributed by atoms with Gasteiger partial charge in [0, 0.05) is 17.9 Å². The van der Waals surface area contributed by atoms with Gasteiger partial charge in [-0.25, -0.2) is 0 Å². The number of primary amides is 1. The molecule has 0 aliphatic rings. The predicted octanol–water partition coefficient (Wildman–Crippen LogP) is 5.78. The van der Waals surface area contributed by atoms with Gasteiger partial charge in [0.25, 0.3) is 5.91 Å². The molecule has 3 aromatic carbocycles. The lowest BCUT2D eigenvalue weighted by molar-refractivity contribution is 0.0999. The SMILES string of the molecule is Cc1ccc(CCn2c(-c3ccc(-c4ccccc4)cc3)cc(C(N)=O)c2C)cc1. The minimum atomic E-state index is -0.385. The molecule has 0 fully saturated rings. The van der Waals surface area contributed by atoms with Gasteiger partial charge in [-0.1, -0.05) is 84.4 Å². The van der Waals surface area contributed by atoms with Gasteiger partial charge in [0.05, 0.1) is 5.56 Å². The van der Waals surface area contributed by atoms with Gasteiger partial charge in [-0.05, 0) is 48.6 Å². The average Bonchev–Trinajstić information content (AvgIpc) is 3.10. The fourth-order valence-electron chi connectivity index (χ4n) is 3.88. The van der Waals surface area contributed by atoms with Gasteiger partial charge >= 0.3 is 0 Å². The minimum absolute atomic E-state index is 0.385. The van der Waals surface area contributed by atoms with Gasteiger partial charge in [-0.3, -0.25) is 4.79 Å². The number of rotatable bonds is 6. The number of benzene rings is 3. The van der Waals surface area contributed by atoms with Crippen LogP contribution in [0.15, 0.2) is 84.9 Å². The van der Waals surface area contributed by atoms with Crippen LogP contribution in [0, 0.1) is 13.8 Å². The molecule has 3 heteroatoms. The van der Waals surface area contributed by atoms with Crippen LogP contribution in [0.1, 0.15) is 27.2 Å². The van der Waals surface area contributed by atoms with Crippen molar-refractivity contribution in [3.8, 4) is 22.4 Å². The lowest BCUT2D eigenvalue weighted by Gasteiger charge is -2.13. The monoisotopic (exact) mass is 394 g/mol. The molecular formula is C27H26N2O. The number of amides is 1. The summed E-state index contributed by atoms with van der Waals surface area (Å²) in [6.07, 6.45) is 0.892. The van der Waals surface area contributed by atoms with Crippen LogP contribution in [-0.4, -0.2) is 10.5 Å². The Kier molecular flexibility index (Phi) is 5.53. The highest BCUT2D eigenvalue weighted by molar-refractivity contribution is 5.95. The maximum atomic E-state index is 12.0. The molecular weight excluding hydrogens is 368 g/mol. The molecule has 0 saturated carbocycles. The molecule has 0 unspecified atom stereocenters. The summed E-state index contributed by atoms with van der Waals surface area (Å²) in [6, 6.07) is 29.3. The first-order valence-electron chi connectivity index (χ1n) is 10.2. The molecule has 2 N–H and O–H groups in total. The molecule has 3 nitrogen and oxygen atoms in total. The summed E-state index contributed by atoms with van der Waals surface area (Å²) in [7, 11) is 0. The van der Waals surface area contributed by atoms with Crippen LogP contribution in [0.5, 0.6) is 0 Å². The molecule has 1 aromatic heterocycles. The summed E-state index contributed by atoms with van der Waals surface area (Å²) in [4.78, 5) is 12.0. The minimum Gasteiger partial charge on any atom is -0.366 e. The number of aryl methyl sites for hydroxylation is 2. The lowest BCUT2D eigenvalue weighted by Crippen LogP contribution is -2.13. The molecule has 1 heterocycles. The van der Waals surface area contributed by atoms with Crippen LogP contribution in [0.3, 0.4) is 0 Å². The zero-order valence-corrected chi connectivity index (χ0v) is 17.4. The van der Waals surface area contributed by atoms with E-state index in [0.717, 1.165) is 29.9 Å². The van der Waals surface area contributed by atoms with Gasteiger partial charge in [0.1, 0.15) is 0 Å². The third kappa shape index (κ3) is 4.06. The quantitative estimate of drug-likeness (QED) is 0.443. The summed E-state index contributed by atoms with van der Waals surface area (Å²) >= 11 is 0. The maximum Gasteiger partial charge on any atom is 0.250 e. The summed E-state index contributed by atoms with van der Waals surface area (Å²) < 4.78 is 2.21. The van der Waals surface area contributed by atoms with E-state index >= 15 is 0 Å². The summed E-state index contributed by atoms with van der Waals surface area (Å²) in [6.45, 7) is 4.85. The Hall–Kier alpha value is -3.59. The van der Waals surface area contributed by atoms with Crippen molar-refractivity contribution >= 4 is 5.91 Å². The second-order valence-corrected chi connectivity index (χ2v) is 7.72. The number of carbonyl (C=O) groups excluding carboxylic acids is 1. The van der Waals surface area contributed by atoms with Crippen molar-refractivity contribution in [2.24, 2.45) is 5.73 Å². The maximum absolute atomic E-state index is 12.0. The van der Waals surface area contributed by atoms with Crippen LogP contribution in [0.4, 0.5) is 0 Å². The molecule has 0 spiro atoms. The Balaban J connectivity index is 1.67. The van der Waals surface area contributed by atoms with E-state index in [1.165, 1.54) is 22.3 Å². The van der Waals surface area contributed by atoms with E-state index in [9.17, 15) is 4.79 Å². The van der Waals surface area contributed by atoms with Crippen molar-refractivity contribution in [1.29, 1.82) is 0 Å². The van der Waals surface area contributed by atoms with E-state index in [1.807, 2.05) is 31.2 Å². The summed E-state index contributed by atoms with van der Waals surface area (Å²) in [5, 5.41) is 0. The Bertz CT molecular complexity index is 1150. The topological polar surface area (TPSA) is 48.0 Å². The number of aromatic nitrogens is 1. The molecule has 0 bridgehead atoms. The van der Waals surface area contributed by atoms with E-state index in [0.29, 0.717) is 5.56 Å². The van der Waals surface area contributed by atoms with Crippen molar-refractivity contribution in [1.82, 2.24) is 4.57 Å². The highest BCUT2D eigenvalue weighted by Crippen LogP contribution is 2.29. The molecule has 4 rings (SSSR count). The van der Waals surface area contributed by atoms with Crippen LogP contribution >= 0.6 is 0 Å². The number of nitrogens with zero attached hydrogens (tertiary/aromatic N) is 1. The van der Waals surface area contributed by atoms with Crippen molar-refractivity contribution < 1.29 is 4.79 Å². The van der Waals surface area contributed by atoms with Gasteiger partial charge < -0.3 is 10.3 Å². The lowest BCUT2D eigenvalue weighted by atomic mass is 10.0. The van der Waals surface area contributed by atoms with Gasteiger partial charge in [-0.2, -0.15) is 0 Å². The van der Waals surface area contributed by atoms with E-state index in [-0.39, 0.29) is 5.91 Å². The van der Waals surface area contributed by atoms with Crippen molar-refractivity contribution in [2.75, 3.05) is 0 Å². The fraction of sp³-hybridized carbons (Fsp3) is 0.148.